The van der Waals surface area contributed by atoms with Crippen LogP contribution in [0.4, 0.5) is 0 Å². The monoisotopic (exact) mass is 511 g/mol. The molecule has 7 nitrogen and oxygen atoms in total. The first kappa shape index (κ1) is 24.0. The Bertz CT molecular complexity index is 719. The maximum absolute atomic E-state index is 11.6. The van der Waals surface area contributed by atoms with E-state index in [9.17, 15) is 8.42 Å². The van der Waals surface area contributed by atoms with E-state index in [0.717, 1.165) is 29.9 Å². The zero-order valence-electron chi connectivity index (χ0n) is 16.2. The fourth-order valence-corrected chi connectivity index (χ4v) is 3.27. The molecule has 1 fully saturated rings. The summed E-state index contributed by atoms with van der Waals surface area (Å²) in [6, 6.07) is 6.10. The Balaban J connectivity index is 0.00000364. The van der Waals surface area contributed by atoms with E-state index in [1.54, 1.807) is 14.0 Å². The topological polar surface area (TPSA) is 89.0 Å². The van der Waals surface area contributed by atoms with Crippen LogP contribution in [0.2, 0.25) is 0 Å². The lowest BCUT2D eigenvalue weighted by Gasteiger charge is -2.18. The average molecular weight is 511 g/mol. The molecule has 0 bridgehead atoms. The van der Waals surface area contributed by atoms with Crippen LogP contribution in [0.15, 0.2) is 23.2 Å². The highest BCUT2D eigenvalue weighted by atomic mass is 127. The van der Waals surface area contributed by atoms with E-state index in [2.05, 4.69) is 15.6 Å². The van der Waals surface area contributed by atoms with Crippen LogP contribution in [0.1, 0.15) is 24.5 Å². The van der Waals surface area contributed by atoms with Crippen LogP contribution in [-0.4, -0.2) is 58.8 Å². The third kappa shape index (κ3) is 8.22. The van der Waals surface area contributed by atoms with Gasteiger partial charge in [0.2, 0.25) is 0 Å². The van der Waals surface area contributed by atoms with Crippen LogP contribution in [0.25, 0.3) is 0 Å². The van der Waals surface area contributed by atoms with Crippen molar-refractivity contribution in [3.63, 3.8) is 0 Å². The van der Waals surface area contributed by atoms with Gasteiger partial charge in [-0.1, -0.05) is 19.1 Å². The molecular weight excluding hydrogens is 481 g/mol. The van der Waals surface area contributed by atoms with Gasteiger partial charge in [-0.3, -0.25) is 4.99 Å². The lowest BCUT2D eigenvalue weighted by Crippen LogP contribution is -2.39. The Labute approximate surface area is 179 Å². The molecule has 2 rings (SSSR count). The number of ether oxygens (including phenoxy) is 2. The quantitative estimate of drug-likeness (QED) is 0.315. The zero-order valence-corrected chi connectivity index (χ0v) is 19.3. The van der Waals surface area contributed by atoms with Gasteiger partial charge in [0.05, 0.1) is 19.0 Å². The number of nitrogens with zero attached hydrogens (tertiary/aromatic N) is 1. The van der Waals surface area contributed by atoms with Gasteiger partial charge in [0.1, 0.15) is 11.9 Å². The number of benzene rings is 1. The molecule has 1 aromatic rings. The summed E-state index contributed by atoms with van der Waals surface area (Å²) in [5.74, 6) is 1.64. The number of sulfone groups is 1. The second kappa shape index (κ2) is 11.7. The second-order valence-electron chi connectivity index (χ2n) is 6.30. The Morgan fingerprint density at radius 1 is 1.37 bits per heavy atom. The molecule has 1 heterocycles. The van der Waals surface area contributed by atoms with Gasteiger partial charge in [0, 0.05) is 37.9 Å². The molecule has 9 heteroatoms. The smallest absolute Gasteiger partial charge is 0.191 e. The van der Waals surface area contributed by atoms with Gasteiger partial charge in [-0.2, -0.15) is 0 Å². The minimum absolute atomic E-state index is 0. The molecule has 0 aliphatic carbocycles. The predicted octanol–water partition coefficient (Wildman–Crippen LogP) is 1.88. The van der Waals surface area contributed by atoms with Crippen LogP contribution in [0.5, 0.6) is 5.75 Å². The largest absolute Gasteiger partial charge is 0.488 e. The third-order valence-electron chi connectivity index (χ3n) is 4.22. The van der Waals surface area contributed by atoms with Gasteiger partial charge in [-0.25, -0.2) is 8.42 Å². The van der Waals surface area contributed by atoms with E-state index in [1.807, 2.05) is 25.1 Å². The molecular formula is C18H30IN3O4S. The maximum atomic E-state index is 11.6. The number of aryl methyl sites for hydroxylation is 1. The van der Waals surface area contributed by atoms with E-state index < -0.39 is 9.84 Å². The molecule has 1 unspecified atom stereocenters. The lowest BCUT2D eigenvalue weighted by atomic mass is 10.1. The van der Waals surface area contributed by atoms with Gasteiger partial charge >= 0.3 is 0 Å². The fraction of sp³-hybridized carbons (Fsp3) is 0.611. The third-order valence-corrected chi connectivity index (χ3v) is 5.93. The van der Waals surface area contributed by atoms with Crippen molar-refractivity contribution in [2.45, 2.75) is 32.9 Å². The molecule has 27 heavy (non-hydrogen) atoms. The van der Waals surface area contributed by atoms with Gasteiger partial charge in [0.15, 0.2) is 15.8 Å². The summed E-state index contributed by atoms with van der Waals surface area (Å²) in [6.07, 6.45) is 0.989. The summed E-state index contributed by atoms with van der Waals surface area (Å²) in [4.78, 5) is 4.14. The van der Waals surface area contributed by atoms with Crippen LogP contribution in [0.3, 0.4) is 0 Å². The molecule has 0 radical (unpaired) electrons. The van der Waals surface area contributed by atoms with Crippen molar-refractivity contribution in [3.8, 4) is 5.75 Å². The van der Waals surface area contributed by atoms with E-state index in [4.69, 9.17) is 9.47 Å². The normalized spacial score (nSPS) is 17.3. The number of hydrogen-bond donors (Lipinski definition) is 2. The van der Waals surface area contributed by atoms with Crippen molar-refractivity contribution in [1.82, 2.24) is 10.6 Å². The first-order chi connectivity index (χ1) is 12.4. The van der Waals surface area contributed by atoms with Gasteiger partial charge < -0.3 is 20.1 Å². The van der Waals surface area contributed by atoms with Crippen LogP contribution >= 0.6 is 24.0 Å². The highest BCUT2D eigenvalue weighted by Gasteiger charge is 2.18. The van der Waals surface area contributed by atoms with Crippen molar-refractivity contribution < 1.29 is 17.9 Å². The van der Waals surface area contributed by atoms with Crippen molar-refractivity contribution in [2.24, 2.45) is 4.99 Å². The Morgan fingerprint density at radius 2 is 2.15 bits per heavy atom. The van der Waals surface area contributed by atoms with Crippen LogP contribution in [-0.2, 0) is 21.1 Å². The Kier molecular flexibility index (Phi) is 10.4. The first-order valence-corrected chi connectivity index (χ1v) is 10.7. The zero-order chi connectivity index (χ0) is 19.0. The number of guanidine groups is 1. The summed E-state index contributed by atoms with van der Waals surface area (Å²) in [7, 11) is -1.33. The highest BCUT2D eigenvalue weighted by molar-refractivity contribution is 14.0. The molecule has 1 saturated heterocycles. The molecule has 0 saturated carbocycles. The number of hydrogen-bond acceptors (Lipinski definition) is 5. The van der Waals surface area contributed by atoms with Gasteiger partial charge in [0.25, 0.3) is 0 Å². The van der Waals surface area contributed by atoms with E-state index in [-0.39, 0.29) is 41.6 Å². The number of aliphatic imine (C=N–C) groups is 1. The Hall–Kier alpha value is -1.07. The lowest BCUT2D eigenvalue weighted by molar-refractivity contribution is 0.140. The number of rotatable bonds is 8. The van der Waals surface area contributed by atoms with Crippen molar-refractivity contribution >= 4 is 39.8 Å². The molecule has 1 aromatic carbocycles. The predicted molar refractivity (Wildman–Crippen MR) is 119 cm³/mol. The number of nitrogens with one attached hydrogen (secondary N) is 2. The van der Waals surface area contributed by atoms with E-state index in [0.29, 0.717) is 25.7 Å². The van der Waals surface area contributed by atoms with Crippen LogP contribution in [0, 0.1) is 6.92 Å². The fourth-order valence-electron chi connectivity index (χ4n) is 2.57. The molecule has 2 N–H and O–H groups in total. The minimum Gasteiger partial charge on any atom is -0.488 e. The molecule has 0 spiro atoms. The maximum Gasteiger partial charge on any atom is 0.191 e. The molecule has 154 valence electrons. The van der Waals surface area contributed by atoms with Gasteiger partial charge in [-0.05, 0) is 18.6 Å². The average Bonchev–Trinajstić information content (AvgIpc) is 3.12. The summed E-state index contributed by atoms with van der Waals surface area (Å²) >= 11 is 0. The molecule has 0 aromatic heterocycles. The molecule has 1 atom stereocenters. The summed E-state index contributed by atoms with van der Waals surface area (Å²) in [6.45, 7) is 5.90. The van der Waals surface area contributed by atoms with Crippen molar-refractivity contribution in [2.75, 3.05) is 38.3 Å². The SMILES string of the molecule is CCS(=O)(=O)CCNC(=NC)NCc1ccc(C)cc1OC1CCOC1.I. The van der Waals surface area contributed by atoms with E-state index >= 15 is 0 Å². The Morgan fingerprint density at radius 3 is 2.78 bits per heavy atom. The van der Waals surface area contributed by atoms with Crippen LogP contribution < -0.4 is 15.4 Å². The van der Waals surface area contributed by atoms with Crippen molar-refractivity contribution in [1.29, 1.82) is 0 Å². The number of halogens is 1. The second-order valence-corrected chi connectivity index (χ2v) is 8.78. The summed E-state index contributed by atoms with van der Waals surface area (Å²) < 4.78 is 34.6. The minimum atomic E-state index is -2.99. The summed E-state index contributed by atoms with van der Waals surface area (Å²) in [5.41, 5.74) is 2.15. The molecule has 1 aliphatic heterocycles. The standard InChI is InChI=1S/C18H29N3O4S.HI/c1-4-26(22,23)10-8-20-18(19-3)21-12-15-6-5-14(2)11-17(15)25-16-7-9-24-13-16;/h5-6,11,16H,4,7-10,12-13H2,1-3H3,(H2,19,20,21);1H. The summed E-state index contributed by atoms with van der Waals surface area (Å²) in [5, 5.41) is 6.24. The molecule has 1 aliphatic rings. The van der Waals surface area contributed by atoms with Crippen molar-refractivity contribution in [3.05, 3.63) is 29.3 Å². The highest BCUT2D eigenvalue weighted by Crippen LogP contribution is 2.23. The van der Waals surface area contributed by atoms with Gasteiger partial charge in [-0.15, -0.1) is 24.0 Å². The first-order valence-electron chi connectivity index (χ1n) is 8.92. The van der Waals surface area contributed by atoms with E-state index in [1.165, 1.54) is 0 Å². The molecule has 0 amide bonds.